The summed E-state index contributed by atoms with van der Waals surface area (Å²) in [5.41, 5.74) is 1.70. The molecular formula is C7H7NO3. The number of nitrogens with one attached hydrogen (secondary N) is 1. The molecule has 58 valence electrons. The van der Waals surface area contributed by atoms with Crippen molar-refractivity contribution in [3.05, 3.63) is 35.9 Å². The van der Waals surface area contributed by atoms with E-state index < -0.39 is 5.97 Å². The zero-order valence-corrected chi connectivity index (χ0v) is 5.65. The van der Waals surface area contributed by atoms with Crippen LogP contribution in [0.2, 0.25) is 0 Å². The molecule has 0 spiro atoms. The molecule has 0 fully saturated rings. The molecule has 11 heavy (non-hydrogen) atoms. The Balaban J connectivity index is 2.69. The predicted molar refractivity (Wildman–Crippen MR) is 36.8 cm³/mol. The number of rotatable bonds is 2. The fourth-order valence-electron chi connectivity index (χ4n) is 0.675. The summed E-state index contributed by atoms with van der Waals surface area (Å²) in [7, 11) is 0. The topological polar surface area (TPSA) is 58.6 Å². The van der Waals surface area contributed by atoms with Crippen molar-refractivity contribution in [3.63, 3.8) is 0 Å². The molecule has 0 amide bonds. The van der Waals surface area contributed by atoms with Crippen LogP contribution in [0.5, 0.6) is 0 Å². The molecule has 1 aromatic rings. The van der Waals surface area contributed by atoms with Gasteiger partial charge in [0.05, 0.1) is 5.56 Å². The second-order valence-electron chi connectivity index (χ2n) is 1.85. The van der Waals surface area contributed by atoms with E-state index in [-0.39, 0.29) is 0 Å². The Labute approximate surface area is 63.3 Å². The van der Waals surface area contributed by atoms with E-state index in [1.807, 2.05) is 0 Å². The smallest absolute Gasteiger partial charge is 0.341 e. The van der Waals surface area contributed by atoms with Gasteiger partial charge < -0.3 is 4.84 Å². The lowest BCUT2D eigenvalue weighted by Gasteiger charge is -1.98. The van der Waals surface area contributed by atoms with E-state index in [0.29, 0.717) is 5.56 Å². The molecule has 0 heterocycles. The fraction of sp³-hybridized carbons (Fsp3) is 0. The maximum absolute atomic E-state index is 10.8. The Morgan fingerprint density at radius 3 is 2.55 bits per heavy atom. The molecular weight excluding hydrogens is 146 g/mol. The van der Waals surface area contributed by atoms with Crippen LogP contribution in [0.25, 0.3) is 0 Å². The molecule has 0 aliphatic carbocycles. The summed E-state index contributed by atoms with van der Waals surface area (Å²) < 4.78 is 0. The van der Waals surface area contributed by atoms with Crippen molar-refractivity contribution in [1.82, 2.24) is 5.64 Å². The molecule has 4 nitrogen and oxygen atoms in total. The summed E-state index contributed by atoms with van der Waals surface area (Å²) in [5, 5.41) is 8.00. The number of carbonyl (C=O) groups excluding carboxylic acids is 1. The van der Waals surface area contributed by atoms with Gasteiger partial charge in [0, 0.05) is 0 Å². The minimum atomic E-state index is -0.618. The zero-order chi connectivity index (χ0) is 8.10. The Hall–Kier alpha value is -1.39. The number of hydrogen-bond donors (Lipinski definition) is 2. The predicted octanol–water partition coefficient (Wildman–Crippen LogP) is 0.737. The molecule has 0 bridgehead atoms. The van der Waals surface area contributed by atoms with Crippen LogP contribution in [-0.4, -0.2) is 11.2 Å². The van der Waals surface area contributed by atoms with Gasteiger partial charge in [0.2, 0.25) is 0 Å². The number of carbonyl (C=O) groups is 1. The fourth-order valence-corrected chi connectivity index (χ4v) is 0.675. The molecule has 1 aromatic carbocycles. The highest BCUT2D eigenvalue weighted by Gasteiger charge is 2.03. The van der Waals surface area contributed by atoms with Crippen molar-refractivity contribution in [2.24, 2.45) is 0 Å². The number of hydrogen-bond acceptors (Lipinski definition) is 4. The highest BCUT2D eigenvalue weighted by molar-refractivity contribution is 5.88. The van der Waals surface area contributed by atoms with Crippen molar-refractivity contribution in [2.75, 3.05) is 0 Å². The van der Waals surface area contributed by atoms with E-state index in [1.54, 1.807) is 30.3 Å². The summed E-state index contributed by atoms with van der Waals surface area (Å²) in [4.78, 5) is 14.9. The molecule has 0 aliphatic heterocycles. The Bertz CT molecular complexity index is 235. The lowest BCUT2D eigenvalue weighted by Crippen LogP contribution is -2.15. The minimum Gasteiger partial charge on any atom is -0.341 e. The Kier molecular flexibility index (Phi) is 2.59. The van der Waals surface area contributed by atoms with Crippen molar-refractivity contribution >= 4 is 5.97 Å². The van der Waals surface area contributed by atoms with Gasteiger partial charge in [-0.2, -0.15) is 0 Å². The lowest BCUT2D eigenvalue weighted by molar-refractivity contribution is -0.0874. The van der Waals surface area contributed by atoms with Gasteiger partial charge in [0.25, 0.3) is 0 Å². The van der Waals surface area contributed by atoms with Crippen LogP contribution in [0.1, 0.15) is 10.4 Å². The van der Waals surface area contributed by atoms with Gasteiger partial charge >= 0.3 is 5.97 Å². The van der Waals surface area contributed by atoms with Crippen molar-refractivity contribution in [1.29, 1.82) is 0 Å². The van der Waals surface area contributed by atoms with Gasteiger partial charge in [-0.05, 0) is 17.8 Å². The molecule has 1 rings (SSSR count). The SMILES string of the molecule is O=C(ONO)c1ccccc1. The largest absolute Gasteiger partial charge is 0.359 e. The summed E-state index contributed by atoms with van der Waals surface area (Å²) in [6.07, 6.45) is 0. The highest BCUT2D eigenvalue weighted by atomic mass is 16.9. The van der Waals surface area contributed by atoms with Gasteiger partial charge in [-0.1, -0.05) is 18.2 Å². The molecule has 0 saturated heterocycles. The third-order valence-electron chi connectivity index (χ3n) is 1.15. The zero-order valence-electron chi connectivity index (χ0n) is 5.65. The second-order valence-corrected chi connectivity index (χ2v) is 1.85. The van der Waals surface area contributed by atoms with E-state index >= 15 is 0 Å². The standard InChI is InChI=1S/C7H7NO3/c9-7(11-8-10)6-4-2-1-3-5-6/h1-5,8,10H. The van der Waals surface area contributed by atoms with Gasteiger partial charge in [0.1, 0.15) is 0 Å². The maximum Gasteiger partial charge on any atom is 0.359 e. The molecule has 0 aromatic heterocycles. The molecule has 4 heteroatoms. The van der Waals surface area contributed by atoms with Gasteiger partial charge in [-0.25, -0.2) is 4.79 Å². The van der Waals surface area contributed by atoms with Crippen molar-refractivity contribution in [3.8, 4) is 0 Å². The molecule has 0 radical (unpaired) electrons. The first kappa shape index (κ1) is 7.71. The lowest BCUT2D eigenvalue weighted by atomic mass is 10.2. The van der Waals surface area contributed by atoms with Crippen molar-refractivity contribution < 1.29 is 14.8 Å². The summed E-state index contributed by atoms with van der Waals surface area (Å²) in [6.45, 7) is 0. The second kappa shape index (κ2) is 3.70. The van der Waals surface area contributed by atoms with E-state index in [4.69, 9.17) is 5.21 Å². The van der Waals surface area contributed by atoms with E-state index in [0.717, 1.165) is 0 Å². The van der Waals surface area contributed by atoms with Crippen LogP contribution in [0.15, 0.2) is 30.3 Å². The first-order valence-corrected chi connectivity index (χ1v) is 3.00. The normalized spacial score (nSPS) is 9.18. The third kappa shape index (κ3) is 2.03. The first-order valence-electron chi connectivity index (χ1n) is 3.00. The van der Waals surface area contributed by atoms with Gasteiger partial charge in [-0.3, -0.25) is 5.21 Å². The Morgan fingerprint density at radius 1 is 1.36 bits per heavy atom. The molecule has 0 atom stereocenters. The minimum absolute atomic E-state index is 0.383. The van der Waals surface area contributed by atoms with Crippen LogP contribution < -0.4 is 5.64 Å². The van der Waals surface area contributed by atoms with E-state index in [1.165, 1.54) is 5.64 Å². The monoisotopic (exact) mass is 153 g/mol. The molecule has 2 N–H and O–H groups in total. The van der Waals surface area contributed by atoms with Crippen LogP contribution in [0, 0.1) is 0 Å². The Morgan fingerprint density at radius 2 is 2.00 bits per heavy atom. The third-order valence-corrected chi connectivity index (χ3v) is 1.15. The molecule has 0 saturated carbocycles. The van der Waals surface area contributed by atoms with Gasteiger partial charge in [-0.15, -0.1) is 0 Å². The molecule has 0 aliphatic rings. The molecule has 0 unspecified atom stereocenters. The summed E-state index contributed by atoms with van der Waals surface area (Å²) in [5.74, 6) is -0.618. The summed E-state index contributed by atoms with van der Waals surface area (Å²) in [6, 6.07) is 8.35. The highest BCUT2D eigenvalue weighted by Crippen LogP contribution is 1.98. The maximum atomic E-state index is 10.8. The quantitative estimate of drug-likeness (QED) is 0.615. The number of benzene rings is 1. The van der Waals surface area contributed by atoms with Crippen LogP contribution in [0.3, 0.4) is 0 Å². The average molecular weight is 153 g/mol. The van der Waals surface area contributed by atoms with E-state index in [2.05, 4.69) is 4.84 Å². The van der Waals surface area contributed by atoms with Crippen LogP contribution in [-0.2, 0) is 4.84 Å². The van der Waals surface area contributed by atoms with Crippen LogP contribution >= 0.6 is 0 Å². The van der Waals surface area contributed by atoms with Crippen molar-refractivity contribution in [2.45, 2.75) is 0 Å². The first-order chi connectivity index (χ1) is 5.34. The summed E-state index contributed by atoms with van der Waals surface area (Å²) >= 11 is 0. The average Bonchev–Trinajstić information content (AvgIpc) is 2.07. The van der Waals surface area contributed by atoms with Crippen LogP contribution in [0.4, 0.5) is 0 Å². The van der Waals surface area contributed by atoms with E-state index in [9.17, 15) is 4.79 Å². The van der Waals surface area contributed by atoms with Gasteiger partial charge in [0.15, 0.2) is 0 Å².